The molecule has 0 fully saturated rings. The van der Waals surface area contributed by atoms with Gasteiger partial charge < -0.3 is 20.2 Å². The first-order valence-corrected chi connectivity index (χ1v) is 8.71. The van der Waals surface area contributed by atoms with Crippen LogP contribution in [0.15, 0.2) is 82.4 Å². The highest BCUT2D eigenvalue weighted by atomic mass is 127. The summed E-state index contributed by atoms with van der Waals surface area (Å²) in [4.78, 5) is 6.50. The second kappa shape index (κ2) is 10.7. The van der Waals surface area contributed by atoms with E-state index in [-0.39, 0.29) is 30.0 Å². The maximum absolute atomic E-state index is 6.06. The number of hydrogen-bond acceptors (Lipinski definition) is 4. The molecule has 0 amide bonds. The van der Waals surface area contributed by atoms with Gasteiger partial charge in [-0.05, 0) is 50.5 Å². The minimum atomic E-state index is 0. The van der Waals surface area contributed by atoms with E-state index in [1.54, 1.807) is 6.26 Å². The molecule has 148 valence electrons. The van der Waals surface area contributed by atoms with Gasteiger partial charge in [-0.1, -0.05) is 24.3 Å². The second-order valence-corrected chi connectivity index (χ2v) is 6.29. The molecule has 1 unspecified atom stereocenters. The Morgan fingerprint density at radius 3 is 2.50 bits per heavy atom. The number of benzene rings is 2. The first kappa shape index (κ1) is 21.8. The molecule has 6 nitrogen and oxygen atoms in total. The summed E-state index contributed by atoms with van der Waals surface area (Å²) in [5, 5.41) is 3.11. The quantitative estimate of drug-likeness (QED) is 0.284. The van der Waals surface area contributed by atoms with Crippen LogP contribution in [0.3, 0.4) is 0 Å². The largest absolute Gasteiger partial charge is 0.468 e. The van der Waals surface area contributed by atoms with Crippen molar-refractivity contribution in [3.05, 3.63) is 78.8 Å². The number of ether oxygens (including phenoxy) is 1. The van der Waals surface area contributed by atoms with Gasteiger partial charge in [-0.15, -0.1) is 24.0 Å². The molecular weight excluding hydrogens is 467 g/mol. The fourth-order valence-corrected chi connectivity index (χ4v) is 2.62. The summed E-state index contributed by atoms with van der Waals surface area (Å²) in [5.74, 6) is 2.70. The topological polar surface area (TPSA) is 76.0 Å². The predicted octanol–water partition coefficient (Wildman–Crippen LogP) is 4.72. The standard InChI is InChI=1S/C21H24N4O2.HI/c1-25(2)19(20-12-7-13-26-20)15-23-21(22)24-16-8-6-11-18(14-16)27-17-9-4-3-5-10-17;/h3-14,19H,15H2,1-2H3,(H3,22,23,24);1H. The second-order valence-electron chi connectivity index (χ2n) is 6.29. The Hall–Kier alpha value is -2.52. The minimum absolute atomic E-state index is 0. The molecule has 3 N–H and O–H groups in total. The van der Waals surface area contributed by atoms with E-state index in [1.165, 1.54) is 0 Å². The summed E-state index contributed by atoms with van der Waals surface area (Å²) in [6.07, 6.45) is 1.66. The monoisotopic (exact) mass is 492 g/mol. The molecule has 3 aromatic rings. The maximum atomic E-state index is 6.06. The number of anilines is 1. The molecule has 0 radical (unpaired) electrons. The summed E-state index contributed by atoms with van der Waals surface area (Å²) in [6, 6.07) is 21.1. The smallest absolute Gasteiger partial charge is 0.193 e. The van der Waals surface area contributed by atoms with E-state index in [4.69, 9.17) is 14.9 Å². The first-order valence-electron chi connectivity index (χ1n) is 8.71. The summed E-state index contributed by atoms with van der Waals surface area (Å²) < 4.78 is 11.3. The van der Waals surface area contributed by atoms with Crippen LogP contribution in [0.25, 0.3) is 0 Å². The lowest BCUT2D eigenvalue weighted by Gasteiger charge is -2.20. The normalized spacial score (nSPS) is 12.3. The van der Waals surface area contributed by atoms with E-state index in [1.807, 2.05) is 85.7 Å². The van der Waals surface area contributed by atoms with Crippen LogP contribution in [0.2, 0.25) is 0 Å². The van der Waals surface area contributed by atoms with Crippen molar-refractivity contribution in [1.29, 1.82) is 0 Å². The van der Waals surface area contributed by atoms with Crippen molar-refractivity contribution in [1.82, 2.24) is 4.90 Å². The van der Waals surface area contributed by atoms with Crippen LogP contribution in [0.5, 0.6) is 11.5 Å². The molecule has 0 aliphatic rings. The van der Waals surface area contributed by atoms with Gasteiger partial charge >= 0.3 is 0 Å². The van der Waals surface area contributed by atoms with Crippen LogP contribution in [-0.2, 0) is 0 Å². The lowest BCUT2D eigenvalue weighted by atomic mass is 10.2. The predicted molar refractivity (Wildman–Crippen MR) is 124 cm³/mol. The molecule has 1 heterocycles. The van der Waals surface area contributed by atoms with Gasteiger partial charge in [0.1, 0.15) is 17.3 Å². The van der Waals surface area contributed by atoms with Gasteiger partial charge in [-0.2, -0.15) is 0 Å². The van der Waals surface area contributed by atoms with Crippen molar-refractivity contribution in [2.45, 2.75) is 6.04 Å². The fraction of sp³-hybridized carbons (Fsp3) is 0.190. The lowest BCUT2D eigenvalue weighted by Crippen LogP contribution is -2.27. The van der Waals surface area contributed by atoms with E-state index in [0.717, 1.165) is 22.9 Å². The number of nitrogens with two attached hydrogens (primary N) is 1. The molecule has 28 heavy (non-hydrogen) atoms. The van der Waals surface area contributed by atoms with Crippen LogP contribution in [0, 0.1) is 0 Å². The Morgan fingerprint density at radius 2 is 1.82 bits per heavy atom. The number of para-hydroxylation sites is 1. The molecule has 2 aromatic carbocycles. The Kier molecular flexibility index (Phi) is 8.34. The number of hydrogen-bond donors (Lipinski definition) is 2. The Labute approximate surface area is 182 Å². The van der Waals surface area contributed by atoms with Gasteiger partial charge in [0.05, 0.1) is 18.8 Å². The SMILES string of the molecule is CN(C)C(CN=C(N)Nc1cccc(Oc2ccccc2)c1)c1ccco1.I. The zero-order valence-electron chi connectivity index (χ0n) is 15.9. The molecular formula is C21H25IN4O2. The molecule has 0 saturated heterocycles. The van der Waals surface area contributed by atoms with Crippen LogP contribution >= 0.6 is 24.0 Å². The highest BCUT2D eigenvalue weighted by Crippen LogP contribution is 2.24. The van der Waals surface area contributed by atoms with Gasteiger partial charge in [0.15, 0.2) is 5.96 Å². The average molecular weight is 492 g/mol. The van der Waals surface area contributed by atoms with Crippen LogP contribution in [0.1, 0.15) is 11.8 Å². The summed E-state index contributed by atoms with van der Waals surface area (Å²) in [5.41, 5.74) is 6.87. The molecule has 0 saturated carbocycles. The number of likely N-dealkylation sites (N-methyl/N-ethyl adjacent to an activating group) is 1. The highest BCUT2D eigenvalue weighted by Gasteiger charge is 2.16. The van der Waals surface area contributed by atoms with Gasteiger partial charge in [-0.25, -0.2) is 0 Å². The number of halogens is 1. The van der Waals surface area contributed by atoms with Gasteiger partial charge in [0.25, 0.3) is 0 Å². The van der Waals surface area contributed by atoms with Crippen LogP contribution in [-0.4, -0.2) is 31.5 Å². The number of furan rings is 1. The Balaban J connectivity index is 0.00000280. The third-order valence-corrected chi connectivity index (χ3v) is 4.01. The molecule has 1 atom stereocenters. The van der Waals surface area contributed by atoms with E-state index in [9.17, 15) is 0 Å². The van der Waals surface area contributed by atoms with Gasteiger partial charge in [0, 0.05) is 11.8 Å². The van der Waals surface area contributed by atoms with Crippen molar-refractivity contribution in [2.75, 3.05) is 26.0 Å². The average Bonchev–Trinajstić information content (AvgIpc) is 3.17. The van der Waals surface area contributed by atoms with E-state index in [2.05, 4.69) is 10.3 Å². The lowest BCUT2D eigenvalue weighted by molar-refractivity contribution is 0.265. The summed E-state index contributed by atoms with van der Waals surface area (Å²) >= 11 is 0. The maximum Gasteiger partial charge on any atom is 0.193 e. The number of guanidine groups is 1. The number of rotatable bonds is 7. The number of nitrogens with zero attached hydrogens (tertiary/aromatic N) is 2. The number of nitrogens with one attached hydrogen (secondary N) is 1. The van der Waals surface area contributed by atoms with Crippen LogP contribution < -0.4 is 15.8 Å². The van der Waals surface area contributed by atoms with E-state index >= 15 is 0 Å². The van der Waals surface area contributed by atoms with E-state index in [0.29, 0.717) is 12.5 Å². The van der Waals surface area contributed by atoms with Crippen molar-refractivity contribution in [3.8, 4) is 11.5 Å². The molecule has 3 rings (SSSR count). The molecule has 0 spiro atoms. The summed E-state index contributed by atoms with van der Waals surface area (Å²) in [6.45, 7) is 0.486. The molecule has 1 aromatic heterocycles. The molecule has 0 aliphatic heterocycles. The fourth-order valence-electron chi connectivity index (χ4n) is 2.62. The molecule has 0 bridgehead atoms. The zero-order valence-corrected chi connectivity index (χ0v) is 18.2. The van der Waals surface area contributed by atoms with Crippen molar-refractivity contribution < 1.29 is 9.15 Å². The third-order valence-electron chi connectivity index (χ3n) is 4.01. The number of aliphatic imine (C=N–C) groups is 1. The third kappa shape index (κ3) is 6.28. The highest BCUT2D eigenvalue weighted by molar-refractivity contribution is 14.0. The minimum Gasteiger partial charge on any atom is -0.468 e. The van der Waals surface area contributed by atoms with E-state index < -0.39 is 0 Å². The Bertz CT molecular complexity index is 867. The summed E-state index contributed by atoms with van der Waals surface area (Å²) in [7, 11) is 3.97. The first-order chi connectivity index (χ1) is 13.1. The van der Waals surface area contributed by atoms with Crippen molar-refractivity contribution >= 4 is 35.6 Å². The van der Waals surface area contributed by atoms with Crippen LogP contribution in [0.4, 0.5) is 5.69 Å². The Morgan fingerprint density at radius 1 is 1.07 bits per heavy atom. The van der Waals surface area contributed by atoms with Crippen molar-refractivity contribution in [3.63, 3.8) is 0 Å². The molecule has 0 aliphatic carbocycles. The molecule has 7 heteroatoms. The van der Waals surface area contributed by atoms with Crippen molar-refractivity contribution in [2.24, 2.45) is 10.7 Å². The van der Waals surface area contributed by atoms with Gasteiger partial charge in [-0.3, -0.25) is 9.89 Å². The zero-order chi connectivity index (χ0) is 19.1. The van der Waals surface area contributed by atoms with Gasteiger partial charge in [0.2, 0.25) is 0 Å².